The van der Waals surface area contributed by atoms with Gasteiger partial charge < -0.3 is 15.0 Å². The van der Waals surface area contributed by atoms with Crippen LogP contribution in [0.5, 0.6) is 5.75 Å². The first-order valence-electron chi connectivity index (χ1n) is 12.2. The van der Waals surface area contributed by atoms with Crippen LogP contribution in [0.25, 0.3) is 0 Å². The zero-order chi connectivity index (χ0) is 27.7. The van der Waals surface area contributed by atoms with Crippen LogP contribution in [-0.2, 0) is 26.2 Å². The molecule has 0 radical (unpaired) electrons. The van der Waals surface area contributed by atoms with Crippen molar-refractivity contribution in [1.29, 1.82) is 0 Å². The number of anilines is 1. The fourth-order valence-corrected chi connectivity index (χ4v) is 5.32. The summed E-state index contributed by atoms with van der Waals surface area (Å²) in [5.41, 5.74) is 1.04. The Bertz CT molecular complexity index is 1320. The molecule has 0 fully saturated rings. The van der Waals surface area contributed by atoms with Gasteiger partial charge in [0, 0.05) is 18.1 Å². The number of carbonyl (C=O) groups is 2. The van der Waals surface area contributed by atoms with Gasteiger partial charge in [-0.15, -0.1) is 0 Å². The maximum atomic E-state index is 13.8. The molecule has 10 heteroatoms. The van der Waals surface area contributed by atoms with E-state index in [1.165, 1.54) is 24.1 Å². The van der Waals surface area contributed by atoms with Crippen LogP contribution in [0.1, 0.15) is 25.8 Å². The molecule has 2 amide bonds. The largest absolute Gasteiger partial charge is 0.497 e. The summed E-state index contributed by atoms with van der Waals surface area (Å²) in [5.74, 6) is -0.312. The van der Waals surface area contributed by atoms with Crippen LogP contribution in [0.2, 0.25) is 5.02 Å². The molecule has 0 aromatic heterocycles. The molecule has 0 aliphatic rings. The average Bonchev–Trinajstić information content (AvgIpc) is 2.94. The van der Waals surface area contributed by atoms with E-state index < -0.39 is 28.5 Å². The summed E-state index contributed by atoms with van der Waals surface area (Å²) in [6.07, 6.45) is 0.740. The molecule has 3 aromatic rings. The van der Waals surface area contributed by atoms with Crippen molar-refractivity contribution in [3.05, 3.63) is 89.4 Å². The maximum Gasteiger partial charge on any atom is 0.264 e. The Labute approximate surface area is 229 Å². The number of rotatable bonds is 12. The first-order chi connectivity index (χ1) is 18.2. The van der Waals surface area contributed by atoms with Crippen LogP contribution >= 0.6 is 11.6 Å². The molecule has 0 aliphatic heterocycles. The number of ether oxygens (including phenoxy) is 1. The van der Waals surface area contributed by atoms with E-state index in [1.54, 1.807) is 73.7 Å². The van der Waals surface area contributed by atoms with Gasteiger partial charge in [0.15, 0.2) is 0 Å². The summed E-state index contributed by atoms with van der Waals surface area (Å²) < 4.78 is 33.7. The Morgan fingerprint density at radius 3 is 2.18 bits per heavy atom. The minimum Gasteiger partial charge on any atom is -0.497 e. The van der Waals surface area contributed by atoms with E-state index in [-0.39, 0.29) is 23.0 Å². The van der Waals surface area contributed by atoms with E-state index in [9.17, 15) is 18.0 Å². The summed E-state index contributed by atoms with van der Waals surface area (Å²) in [6.45, 7) is 3.61. The lowest BCUT2D eigenvalue weighted by atomic mass is 10.1. The highest BCUT2D eigenvalue weighted by molar-refractivity contribution is 7.92. The molecule has 0 saturated heterocycles. The lowest BCUT2D eigenvalue weighted by Crippen LogP contribution is -2.51. The number of nitrogens with one attached hydrogen (secondary N) is 1. The third-order valence-corrected chi connectivity index (χ3v) is 7.99. The van der Waals surface area contributed by atoms with Gasteiger partial charge in [-0.3, -0.25) is 13.9 Å². The van der Waals surface area contributed by atoms with Crippen molar-refractivity contribution in [3.63, 3.8) is 0 Å². The second kappa shape index (κ2) is 13.3. The third kappa shape index (κ3) is 7.26. The number of nitrogens with zero attached hydrogens (tertiary/aromatic N) is 2. The molecule has 0 spiro atoms. The van der Waals surface area contributed by atoms with Crippen LogP contribution in [0, 0.1) is 0 Å². The van der Waals surface area contributed by atoms with E-state index in [0.29, 0.717) is 17.3 Å². The Morgan fingerprint density at radius 2 is 1.61 bits per heavy atom. The minimum atomic E-state index is -4.11. The van der Waals surface area contributed by atoms with Crippen LogP contribution in [0.3, 0.4) is 0 Å². The molecular weight excluding hydrogens is 526 g/mol. The summed E-state index contributed by atoms with van der Waals surface area (Å²) in [7, 11) is -2.60. The Morgan fingerprint density at radius 1 is 0.974 bits per heavy atom. The van der Waals surface area contributed by atoms with Gasteiger partial charge in [-0.1, -0.05) is 48.9 Å². The highest BCUT2D eigenvalue weighted by Crippen LogP contribution is 2.26. The smallest absolute Gasteiger partial charge is 0.264 e. The molecule has 0 heterocycles. The van der Waals surface area contributed by atoms with Crippen molar-refractivity contribution in [2.24, 2.45) is 0 Å². The Balaban J connectivity index is 2.00. The highest BCUT2D eigenvalue weighted by Gasteiger charge is 2.32. The molecule has 0 aliphatic carbocycles. The van der Waals surface area contributed by atoms with Gasteiger partial charge in [0.25, 0.3) is 10.0 Å². The first-order valence-corrected chi connectivity index (χ1v) is 14.0. The molecule has 3 aromatic carbocycles. The predicted octanol–water partition coefficient (Wildman–Crippen LogP) is 4.49. The molecule has 202 valence electrons. The van der Waals surface area contributed by atoms with E-state index in [0.717, 1.165) is 16.3 Å². The zero-order valence-electron chi connectivity index (χ0n) is 21.6. The minimum absolute atomic E-state index is 0.0432. The number of methoxy groups -OCH3 is 1. The molecule has 0 saturated carbocycles. The lowest BCUT2D eigenvalue weighted by molar-refractivity contribution is -0.139. The highest BCUT2D eigenvalue weighted by atomic mass is 35.5. The van der Waals surface area contributed by atoms with Gasteiger partial charge in [-0.05, 0) is 67.4 Å². The number of sulfonamides is 1. The van der Waals surface area contributed by atoms with Crippen LogP contribution in [0.4, 0.5) is 5.69 Å². The Hall–Kier alpha value is -3.56. The topological polar surface area (TPSA) is 96.0 Å². The molecule has 3 rings (SSSR count). The number of hydrogen-bond donors (Lipinski definition) is 1. The fraction of sp³-hybridized carbons (Fsp3) is 0.286. The summed E-state index contributed by atoms with van der Waals surface area (Å²) in [4.78, 5) is 28.1. The van der Waals surface area contributed by atoms with Crippen molar-refractivity contribution >= 4 is 39.1 Å². The van der Waals surface area contributed by atoms with Gasteiger partial charge in [0.1, 0.15) is 18.3 Å². The van der Waals surface area contributed by atoms with Crippen LogP contribution < -0.4 is 14.4 Å². The van der Waals surface area contributed by atoms with Gasteiger partial charge >= 0.3 is 0 Å². The zero-order valence-corrected chi connectivity index (χ0v) is 23.2. The van der Waals surface area contributed by atoms with Crippen molar-refractivity contribution in [3.8, 4) is 5.75 Å². The molecule has 1 N–H and O–H groups in total. The maximum absolute atomic E-state index is 13.8. The van der Waals surface area contributed by atoms with Crippen molar-refractivity contribution < 1.29 is 22.7 Å². The van der Waals surface area contributed by atoms with E-state index in [2.05, 4.69) is 5.32 Å². The van der Waals surface area contributed by atoms with Crippen LogP contribution in [0.15, 0.2) is 83.8 Å². The molecular formula is C28H32ClN3O5S. The van der Waals surface area contributed by atoms with Crippen molar-refractivity contribution in [2.45, 2.75) is 37.8 Å². The summed E-state index contributed by atoms with van der Waals surface area (Å²) >= 11 is 6.02. The standard InChI is InChI=1S/C28H32ClN3O5S/c1-4-18-30-28(34)21(2)31(19-22-10-12-23(29)13-11-22)27(33)20-32(24-14-16-25(37-3)17-15-24)38(35,36)26-8-6-5-7-9-26/h5-17,21H,4,18-20H2,1-3H3,(H,30,34)/t21-/m0/s1. The first kappa shape index (κ1) is 29.0. The van der Waals surface area contributed by atoms with Crippen molar-refractivity contribution in [1.82, 2.24) is 10.2 Å². The monoisotopic (exact) mass is 557 g/mol. The summed E-state index contributed by atoms with van der Waals surface area (Å²) in [5, 5.41) is 3.36. The predicted molar refractivity (Wildman–Crippen MR) is 149 cm³/mol. The number of hydrogen-bond acceptors (Lipinski definition) is 5. The van der Waals surface area contributed by atoms with Gasteiger partial charge in [-0.25, -0.2) is 8.42 Å². The molecule has 38 heavy (non-hydrogen) atoms. The second-order valence-corrected chi connectivity index (χ2v) is 10.9. The van der Waals surface area contributed by atoms with Gasteiger partial charge in [0.05, 0.1) is 17.7 Å². The number of carbonyl (C=O) groups excluding carboxylic acids is 2. The normalized spacial score (nSPS) is 11.9. The van der Waals surface area contributed by atoms with E-state index in [1.807, 2.05) is 6.92 Å². The summed E-state index contributed by atoms with van der Waals surface area (Å²) in [6, 6.07) is 20.4. The Kier molecular flexibility index (Phi) is 10.2. The van der Waals surface area contributed by atoms with E-state index >= 15 is 0 Å². The third-order valence-electron chi connectivity index (χ3n) is 5.95. The number of amides is 2. The van der Waals surface area contributed by atoms with Crippen molar-refractivity contribution in [2.75, 3.05) is 24.5 Å². The van der Waals surface area contributed by atoms with Gasteiger partial charge in [0.2, 0.25) is 11.8 Å². The number of benzene rings is 3. The quantitative estimate of drug-likeness (QED) is 0.354. The van der Waals surface area contributed by atoms with E-state index in [4.69, 9.17) is 16.3 Å². The lowest BCUT2D eigenvalue weighted by Gasteiger charge is -2.32. The molecule has 0 unspecified atom stereocenters. The fourth-order valence-electron chi connectivity index (χ4n) is 3.76. The molecule has 0 bridgehead atoms. The second-order valence-electron chi connectivity index (χ2n) is 8.64. The van der Waals surface area contributed by atoms with Crippen LogP contribution in [-0.4, -0.2) is 51.4 Å². The average molecular weight is 558 g/mol. The van der Waals surface area contributed by atoms with Gasteiger partial charge in [-0.2, -0.15) is 0 Å². The molecule has 1 atom stereocenters. The molecule has 8 nitrogen and oxygen atoms in total. The SMILES string of the molecule is CCCNC(=O)[C@H](C)N(Cc1ccc(Cl)cc1)C(=O)CN(c1ccc(OC)cc1)S(=O)(=O)c1ccccc1. The number of halogens is 1.